The van der Waals surface area contributed by atoms with Gasteiger partial charge in [0, 0.05) is 42.7 Å². The van der Waals surface area contributed by atoms with Crippen molar-refractivity contribution in [3.63, 3.8) is 0 Å². The molecule has 0 saturated carbocycles. The molecule has 2 saturated heterocycles. The van der Waals surface area contributed by atoms with E-state index in [1.807, 2.05) is 11.8 Å². The largest absolute Gasteiger partial charge is 0.282 e. The summed E-state index contributed by atoms with van der Waals surface area (Å²) in [5, 5.41) is 0.636. The number of hydrogen-bond acceptors (Lipinski definition) is 6. The Morgan fingerprint density at radius 1 is 0.640 bits per heavy atom. The van der Waals surface area contributed by atoms with Gasteiger partial charge in [-0.2, -0.15) is 24.4 Å². The maximum Gasteiger partial charge on any atom is 0.233 e. The molecule has 4 amide bonds. The summed E-state index contributed by atoms with van der Waals surface area (Å²) in [6.45, 7) is 18.3. The summed E-state index contributed by atoms with van der Waals surface area (Å²) in [6, 6.07) is 0. The highest BCUT2D eigenvalue weighted by atomic mass is 32.2. The Morgan fingerprint density at radius 2 is 1.10 bits per heavy atom. The molecule has 0 aromatic carbocycles. The molecule has 0 N–H and O–H groups in total. The van der Waals surface area contributed by atoms with Crippen LogP contribution in [0.3, 0.4) is 0 Å². The SMILES string of the molecule is CC/C=C\CC.CC/C=C\CCCC(CC)SCCN1C(=O)CC(C(CC)CCCC)C1=O.CCCCC(CC)C1CC(=O)N(CCS)C1=O. The highest BCUT2D eigenvalue weighted by Gasteiger charge is 2.42. The van der Waals surface area contributed by atoms with Gasteiger partial charge in [0.15, 0.2) is 0 Å². The van der Waals surface area contributed by atoms with Gasteiger partial charge in [-0.1, -0.05) is 118 Å². The van der Waals surface area contributed by atoms with Crippen molar-refractivity contribution in [1.82, 2.24) is 9.80 Å². The molecule has 0 aromatic heterocycles. The summed E-state index contributed by atoms with van der Waals surface area (Å²) in [5.74, 6) is 2.21. The van der Waals surface area contributed by atoms with E-state index in [-0.39, 0.29) is 35.5 Å². The second-order valence-electron chi connectivity index (χ2n) is 13.7. The quantitative estimate of drug-likeness (QED) is 0.0462. The number of nitrogens with zero attached hydrogens (tertiary/aromatic N) is 2. The standard InChI is InChI=1S/C23H41NO2S.C13H23NO2S.C6H12/c1-5-9-11-12-13-15-20(8-4)27-17-16-24-22(25)18-21(23(24)26)19(7-3)14-10-6-2;1-3-5-6-10(4-2)11-9-12(15)14(7-8-17)13(11)16;1-3-5-6-4-2/h9,11,19-21H,5-8,10,12-18H2,1-4H3;10-11,17H,3-9H2,1-2H3;5-6H,3-4H2,1-2H3/b11-9-;;6-5-. The van der Waals surface area contributed by atoms with E-state index in [9.17, 15) is 19.2 Å². The predicted octanol–water partition coefficient (Wildman–Crippen LogP) is 11.1. The first kappa shape index (κ1) is 48.5. The van der Waals surface area contributed by atoms with Gasteiger partial charge in [0.1, 0.15) is 0 Å². The fourth-order valence-corrected chi connectivity index (χ4v) is 8.22. The maximum atomic E-state index is 12.8. The summed E-state index contributed by atoms with van der Waals surface area (Å²) in [5.41, 5.74) is 0. The van der Waals surface area contributed by atoms with Gasteiger partial charge in [-0.25, -0.2) is 0 Å². The number of hydrogen-bond donors (Lipinski definition) is 1. The first-order chi connectivity index (χ1) is 24.1. The maximum absolute atomic E-state index is 12.8. The highest BCUT2D eigenvalue weighted by molar-refractivity contribution is 7.99. The van der Waals surface area contributed by atoms with Crippen LogP contribution in [0.5, 0.6) is 0 Å². The molecule has 50 heavy (non-hydrogen) atoms. The molecule has 8 heteroatoms. The van der Waals surface area contributed by atoms with Crippen LogP contribution in [-0.2, 0) is 19.2 Å². The van der Waals surface area contributed by atoms with Gasteiger partial charge in [0.25, 0.3) is 0 Å². The van der Waals surface area contributed by atoms with Crippen molar-refractivity contribution in [2.24, 2.45) is 23.7 Å². The van der Waals surface area contributed by atoms with Gasteiger partial charge in [-0.3, -0.25) is 29.0 Å². The first-order valence-electron chi connectivity index (χ1n) is 20.4. The molecule has 0 radical (unpaired) electrons. The van der Waals surface area contributed by atoms with Crippen molar-refractivity contribution in [2.75, 3.05) is 24.6 Å². The van der Waals surface area contributed by atoms with Gasteiger partial charge in [0.2, 0.25) is 23.6 Å². The monoisotopic (exact) mass is 737 g/mol. The van der Waals surface area contributed by atoms with E-state index < -0.39 is 0 Å². The Hall–Kier alpha value is -1.54. The average molecular weight is 737 g/mol. The molecule has 0 bridgehead atoms. The van der Waals surface area contributed by atoms with Crippen molar-refractivity contribution in [3.8, 4) is 0 Å². The zero-order chi connectivity index (χ0) is 37.7. The van der Waals surface area contributed by atoms with E-state index >= 15 is 0 Å². The van der Waals surface area contributed by atoms with Crippen LogP contribution in [0.2, 0.25) is 0 Å². The van der Waals surface area contributed by atoms with Gasteiger partial charge in [-0.15, -0.1) is 0 Å². The lowest BCUT2D eigenvalue weighted by atomic mass is 9.85. The van der Waals surface area contributed by atoms with E-state index in [2.05, 4.69) is 92.3 Å². The van der Waals surface area contributed by atoms with Crippen LogP contribution in [0.25, 0.3) is 0 Å². The second-order valence-corrected chi connectivity index (χ2v) is 15.6. The third kappa shape index (κ3) is 18.8. The smallest absolute Gasteiger partial charge is 0.233 e. The third-order valence-corrected chi connectivity index (χ3v) is 11.6. The number of unbranched alkanes of at least 4 members (excludes halogenated alkanes) is 3. The van der Waals surface area contributed by atoms with Gasteiger partial charge >= 0.3 is 0 Å². The number of amides is 4. The minimum absolute atomic E-state index is 0.0102. The summed E-state index contributed by atoms with van der Waals surface area (Å²) < 4.78 is 0. The number of imide groups is 2. The molecule has 5 unspecified atom stereocenters. The minimum atomic E-state index is -0.0704. The molecule has 2 aliphatic heterocycles. The topological polar surface area (TPSA) is 74.8 Å². The number of thioether (sulfide) groups is 1. The fourth-order valence-electron chi connectivity index (χ4n) is 6.83. The summed E-state index contributed by atoms with van der Waals surface area (Å²) >= 11 is 6.03. The van der Waals surface area contributed by atoms with Crippen molar-refractivity contribution in [1.29, 1.82) is 0 Å². The van der Waals surface area contributed by atoms with Gasteiger partial charge in [-0.05, 0) is 69.6 Å². The molecule has 0 spiro atoms. The van der Waals surface area contributed by atoms with Crippen LogP contribution < -0.4 is 0 Å². The Labute approximate surface area is 318 Å². The molecular formula is C42H76N2O4S2. The zero-order valence-corrected chi connectivity index (χ0v) is 35.1. The number of carbonyl (C=O) groups excluding carboxylic acids is 4. The Morgan fingerprint density at radius 3 is 1.50 bits per heavy atom. The van der Waals surface area contributed by atoms with E-state index in [1.165, 1.54) is 30.6 Å². The number of likely N-dealkylation sites (tertiary alicyclic amines) is 2. The molecule has 5 atom stereocenters. The van der Waals surface area contributed by atoms with Crippen LogP contribution in [0, 0.1) is 23.7 Å². The minimum Gasteiger partial charge on any atom is -0.282 e. The fraction of sp³-hybridized carbons (Fsp3) is 0.810. The van der Waals surface area contributed by atoms with Crippen molar-refractivity contribution >= 4 is 48.0 Å². The average Bonchev–Trinajstić information content (AvgIpc) is 3.56. The van der Waals surface area contributed by atoms with Crippen molar-refractivity contribution in [3.05, 3.63) is 24.3 Å². The molecule has 2 heterocycles. The number of thiol groups is 1. The van der Waals surface area contributed by atoms with Crippen molar-refractivity contribution < 1.29 is 19.2 Å². The molecular weight excluding hydrogens is 661 g/mol. The Bertz CT molecular complexity index is 979. The molecule has 0 aromatic rings. The van der Waals surface area contributed by atoms with Crippen LogP contribution in [0.4, 0.5) is 0 Å². The molecule has 2 aliphatic rings. The molecule has 290 valence electrons. The summed E-state index contributed by atoms with van der Waals surface area (Å²) in [6.07, 6.45) is 26.6. The lowest BCUT2D eigenvalue weighted by molar-refractivity contribution is -0.141. The lowest BCUT2D eigenvalue weighted by Crippen LogP contribution is -2.34. The van der Waals surface area contributed by atoms with Crippen LogP contribution in [-0.4, -0.2) is 63.3 Å². The number of allylic oxidation sites excluding steroid dienone is 4. The van der Waals surface area contributed by atoms with E-state index in [0.29, 0.717) is 48.8 Å². The van der Waals surface area contributed by atoms with Crippen LogP contribution >= 0.6 is 24.4 Å². The normalized spacial score (nSPS) is 19.6. The number of carbonyl (C=O) groups is 4. The number of rotatable bonds is 24. The van der Waals surface area contributed by atoms with Crippen molar-refractivity contribution in [2.45, 2.75) is 170 Å². The predicted molar refractivity (Wildman–Crippen MR) is 220 cm³/mol. The molecule has 0 aliphatic carbocycles. The molecule has 6 nitrogen and oxygen atoms in total. The first-order valence-corrected chi connectivity index (χ1v) is 22.0. The van der Waals surface area contributed by atoms with Gasteiger partial charge < -0.3 is 0 Å². The lowest BCUT2D eigenvalue weighted by Gasteiger charge is -2.21. The summed E-state index contributed by atoms with van der Waals surface area (Å²) in [7, 11) is 0. The molecule has 2 fully saturated rings. The zero-order valence-electron chi connectivity index (χ0n) is 33.4. The van der Waals surface area contributed by atoms with Crippen LogP contribution in [0.1, 0.15) is 165 Å². The van der Waals surface area contributed by atoms with Gasteiger partial charge in [0.05, 0.1) is 11.8 Å². The van der Waals surface area contributed by atoms with E-state index in [4.69, 9.17) is 0 Å². The van der Waals surface area contributed by atoms with E-state index in [0.717, 1.165) is 76.4 Å². The Balaban J connectivity index is 0.000000883. The Kier molecular flexibility index (Phi) is 30.1. The second kappa shape index (κ2) is 31.0. The van der Waals surface area contributed by atoms with Crippen LogP contribution in [0.15, 0.2) is 24.3 Å². The highest BCUT2D eigenvalue weighted by Crippen LogP contribution is 2.33. The third-order valence-electron chi connectivity index (χ3n) is 9.99. The summed E-state index contributed by atoms with van der Waals surface area (Å²) in [4.78, 5) is 52.0. The molecule has 2 rings (SSSR count). The van der Waals surface area contributed by atoms with E-state index in [1.54, 1.807) is 4.90 Å².